The van der Waals surface area contributed by atoms with E-state index in [-0.39, 0.29) is 0 Å². The van der Waals surface area contributed by atoms with Crippen molar-refractivity contribution in [2.45, 2.75) is 0 Å². The summed E-state index contributed by atoms with van der Waals surface area (Å²) in [6.45, 7) is 0. The fourth-order valence-electron chi connectivity index (χ4n) is 1.12. The highest BCUT2D eigenvalue weighted by Crippen LogP contribution is 2.29. The van der Waals surface area contributed by atoms with Crippen LogP contribution in [0, 0.1) is 0 Å². The standard InChI is InChI=1S/C9H13N3O/c1-12-5-6-7(10)3-4-8(11)9(6)13-2/h3-5H,10-11H2,1-2H3. The summed E-state index contributed by atoms with van der Waals surface area (Å²) < 4.78 is 5.11. The first-order valence-electron chi connectivity index (χ1n) is 3.84. The van der Waals surface area contributed by atoms with Crippen LogP contribution in [-0.4, -0.2) is 20.4 Å². The summed E-state index contributed by atoms with van der Waals surface area (Å²) in [7, 11) is 3.22. The van der Waals surface area contributed by atoms with Crippen LogP contribution in [0.2, 0.25) is 0 Å². The van der Waals surface area contributed by atoms with E-state index in [0.29, 0.717) is 17.1 Å². The summed E-state index contributed by atoms with van der Waals surface area (Å²) in [6.07, 6.45) is 1.63. The molecular weight excluding hydrogens is 166 g/mol. The van der Waals surface area contributed by atoms with E-state index in [2.05, 4.69) is 4.99 Å². The molecule has 1 aromatic carbocycles. The van der Waals surface area contributed by atoms with Crippen molar-refractivity contribution < 1.29 is 4.74 Å². The lowest BCUT2D eigenvalue weighted by Gasteiger charge is -2.09. The number of ether oxygens (including phenoxy) is 1. The van der Waals surface area contributed by atoms with Crippen LogP contribution >= 0.6 is 0 Å². The monoisotopic (exact) mass is 179 g/mol. The van der Waals surface area contributed by atoms with E-state index < -0.39 is 0 Å². The highest BCUT2D eigenvalue weighted by Gasteiger charge is 2.07. The van der Waals surface area contributed by atoms with E-state index in [9.17, 15) is 0 Å². The third-order valence-corrected chi connectivity index (χ3v) is 1.72. The van der Waals surface area contributed by atoms with Gasteiger partial charge in [-0.3, -0.25) is 4.99 Å². The van der Waals surface area contributed by atoms with Crippen LogP contribution < -0.4 is 16.2 Å². The average Bonchev–Trinajstić information content (AvgIpc) is 2.12. The molecule has 0 atom stereocenters. The molecule has 70 valence electrons. The van der Waals surface area contributed by atoms with Crippen molar-refractivity contribution in [3.63, 3.8) is 0 Å². The quantitative estimate of drug-likeness (QED) is 0.523. The maximum Gasteiger partial charge on any atom is 0.152 e. The second kappa shape index (κ2) is 3.80. The summed E-state index contributed by atoms with van der Waals surface area (Å²) in [5.41, 5.74) is 13.3. The maximum absolute atomic E-state index is 5.73. The molecule has 0 saturated heterocycles. The van der Waals surface area contributed by atoms with Crippen LogP contribution in [0.25, 0.3) is 0 Å². The summed E-state index contributed by atoms with van der Waals surface area (Å²) in [5, 5.41) is 0. The molecule has 0 radical (unpaired) electrons. The Kier molecular flexibility index (Phi) is 2.74. The largest absolute Gasteiger partial charge is 0.494 e. The summed E-state index contributed by atoms with van der Waals surface area (Å²) in [5.74, 6) is 0.575. The van der Waals surface area contributed by atoms with E-state index in [4.69, 9.17) is 16.2 Å². The summed E-state index contributed by atoms with van der Waals surface area (Å²) >= 11 is 0. The van der Waals surface area contributed by atoms with E-state index >= 15 is 0 Å². The Morgan fingerprint density at radius 2 is 1.92 bits per heavy atom. The molecule has 0 aliphatic rings. The number of hydrogen-bond donors (Lipinski definition) is 2. The first kappa shape index (κ1) is 9.38. The Hall–Kier alpha value is -1.71. The van der Waals surface area contributed by atoms with E-state index in [1.54, 1.807) is 32.5 Å². The zero-order chi connectivity index (χ0) is 9.84. The molecule has 0 aromatic heterocycles. The normalized spacial score (nSPS) is 10.6. The van der Waals surface area contributed by atoms with Gasteiger partial charge in [-0.05, 0) is 12.1 Å². The van der Waals surface area contributed by atoms with E-state index in [1.165, 1.54) is 0 Å². The number of methoxy groups -OCH3 is 1. The van der Waals surface area contributed by atoms with Crippen molar-refractivity contribution in [1.29, 1.82) is 0 Å². The molecule has 0 aliphatic heterocycles. The molecule has 0 unspecified atom stereocenters. The van der Waals surface area contributed by atoms with Gasteiger partial charge >= 0.3 is 0 Å². The molecule has 0 saturated carbocycles. The smallest absolute Gasteiger partial charge is 0.152 e. The van der Waals surface area contributed by atoms with Crippen LogP contribution in [0.15, 0.2) is 17.1 Å². The minimum absolute atomic E-state index is 0.562. The fourth-order valence-corrected chi connectivity index (χ4v) is 1.12. The molecule has 4 N–H and O–H groups in total. The minimum Gasteiger partial charge on any atom is -0.494 e. The van der Waals surface area contributed by atoms with Gasteiger partial charge in [-0.1, -0.05) is 0 Å². The Labute approximate surface area is 77.2 Å². The molecule has 0 bridgehead atoms. The molecule has 0 fully saturated rings. The zero-order valence-corrected chi connectivity index (χ0v) is 7.74. The van der Waals surface area contributed by atoms with Gasteiger partial charge in [0.2, 0.25) is 0 Å². The number of anilines is 2. The number of hydrogen-bond acceptors (Lipinski definition) is 4. The molecule has 13 heavy (non-hydrogen) atoms. The molecule has 1 aromatic rings. The van der Waals surface area contributed by atoms with Crippen molar-refractivity contribution in [2.24, 2.45) is 4.99 Å². The third kappa shape index (κ3) is 1.72. The van der Waals surface area contributed by atoms with Crippen molar-refractivity contribution >= 4 is 17.6 Å². The van der Waals surface area contributed by atoms with Crippen molar-refractivity contribution in [1.82, 2.24) is 0 Å². The Morgan fingerprint density at radius 1 is 1.31 bits per heavy atom. The topological polar surface area (TPSA) is 73.6 Å². The summed E-state index contributed by atoms with van der Waals surface area (Å²) in [6, 6.07) is 3.44. The average molecular weight is 179 g/mol. The lowest BCUT2D eigenvalue weighted by molar-refractivity contribution is 0.416. The first-order valence-corrected chi connectivity index (χ1v) is 3.84. The second-order valence-electron chi connectivity index (χ2n) is 2.58. The van der Waals surface area contributed by atoms with Crippen molar-refractivity contribution in [3.8, 4) is 5.75 Å². The minimum atomic E-state index is 0.562. The lowest BCUT2D eigenvalue weighted by Crippen LogP contribution is -2.01. The maximum atomic E-state index is 5.73. The number of nitrogens with two attached hydrogens (primary N) is 2. The molecule has 0 spiro atoms. The fraction of sp³-hybridized carbons (Fsp3) is 0.222. The van der Waals surface area contributed by atoms with Gasteiger partial charge in [-0.25, -0.2) is 0 Å². The van der Waals surface area contributed by atoms with Gasteiger partial charge in [0.15, 0.2) is 5.75 Å². The number of aliphatic imine (C=N–C) groups is 1. The number of rotatable bonds is 2. The van der Waals surface area contributed by atoms with E-state index in [1.807, 2.05) is 0 Å². The van der Waals surface area contributed by atoms with Gasteiger partial charge < -0.3 is 16.2 Å². The molecule has 0 aliphatic carbocycles. The van der Waals surface area contributed by atoms with Gasteiger partial charge in [0.1, 0.15) is 0 Å². The molecule has 1 rings (SSSR count). The molecule has 4 heteroatoms. The van der Waals surface area contributed by atoms with Crippen molar-refractivity contribution in [3.05, 3.63) is 17.7 Å². The molecule has 0 amide bonds. The lowest BCUT2D eigenvalue weighted by atomic mass is 10.1. The summed E-state index contributed by atoms with van der Waals surface area (Å²) in [4.78, 5) is 3.88. The Morgan fingerprint density at radius 3 is 2.46 bits per heavy atom. The van der Waals surface area contributed by atoms with E-state index in [0.717, 1.165) is 5.56 Å². The highest BCUT2D eigenvalue weighted by molar-refractivity contribution is 5.93. The predicted molar refractivity (Wildman–Crippen MR) is 55.3 cm³/mol. The van der Waals surface area contributed by atoms with Gasteiger partial charge in [0.25, 0.3) is 0 Å². The number of nitrogen functional groups attached to an aromatic ring is 2. The highest BCUT2D eigenvalue weighted by atomic mass is 16.5. The molecular formula is C9H13N3O. The number of benzene rings is 1. The van der Waals surface area contributed by atoms with Crippen LogP contribution in [0.1, 0.15) is 5.56 Å². The van der Waals surface area contributed by atoms with Gasteiger partial charge in [0.05, 0.1) is 18.4 Å². The SMILES string of the molecule is CN=Cc1c(N)ccc(N)c1OC. The molecule has 4 nitrogen and oxygen atoms in total. The Bertz CT molecular complexity index is 334. The zero-order valence-electron chi connectivity index (χ0n) is 7.74. The van der Waals surface area contributed by atoms with Crippen LogP contribution in [-0.2, 0) is 0 Å². The first-order chi connectivity index (χ1) is 6.20. The Balaban J connectivity index is 3.34. The number of nitrogens with zero attached hydrogens (tertiary/aromatic N) is 1. The predicted octanol–water partition coefficient (Wildman–Crippen LogP) is 0.908. The molecule has 0 heterocycles. The van der Waals surface area contributed by atoms with Crippen LogP contribution in [0.5, 0.6) is 5.75 Å². The van der Waals surface area contributed by atoms with Crippen molar-refractivity contribution in [2.75, 3.05) is 25.6 Å². The third-order valence-electron chi connectivity index (χ3n) is 1.72. The van der Waals surface area contributed by atoms with Crippen LogP contribution in [0.4, 0.5) is 11.4 Å². The van der Waals surface area contributed by atoms with Gasteiger partial charge in [0, 0.05) is 18.9 Å². The van der Waals surface area contributed by atoms with Gasteiger partial charge in [-0.15, -0.1) is 0 Å². The van der Waals surface area contributed by atoms with Gasteiger partial charge in [-0.2, -0.15) is 0 Å². The van der Waals surface area contributed by atoms with Crippen LogP contribution in [0.3, 0.4) is 0 Å². The second-order valence-corrected chi connectivity index (χ2v) is 2.58.